The smallest absolute Gasteiger partial charge is 0.173 e. The van der Waals surface area contributed by atoms with E-state index in [0.29, 0.717) is 0 Å². The van der Waals surface area contributed by atoms with Gasteiger partial charge in [0.25, 0.3) is 0 Å². The van der Waals surface area contributed by atoms with Gasteiger partial charge in [-0.15, -0.1) is 0 Å². The van der Waals surface area contributed by atoms with Crippen molar-refractivity contribution < 1.29 is 9.53 Å². The van der Waals surface area contributed by atoms with E-state index in [-0.39, 0.29) is 18.3 Å². The lowest BCUT2D eigenvalue weighted by atomic mass is 10.1. The molecule has 1 aromatic carbocycles. The minimum Gasteiger partial charge on any atom is -0.485 e. The average molecular weight is 204 g/mol. The molecule has 0 saturated heterocycles. The van der Waals surface area contributed by atoms with Gasteiger partial charge in [-0.2, -0.15) is 0 Å². The maximum atomic E-state index is 11.5. The van der Waals surface area contributed by atoms with Crippen molar-refractivity contribution in [3.05, 3.63) is 29.3 Å². The Bertz CT molecular complexity index is 358. The van der Waals surface area contributed by atoms with Crippen molar-refractivity contribution in [1.82, 2.24) is 0 Å². The highest BCUT2D eigenvalue weighted by Crippen LogP contribution is 2.30. The molecular formula is C13H16O2. The Balaban J connectivity index is 2.00. The van der Waals surface area contributed by atoms with Gasteiger partial charge in [0, 0.05) is 5.92 Å². The fraction of sp³-hybridized carbons (Fsp3) is 0.462. The molecule has 2 rings (SSSR count). The summed E-state index contributed by atoms with van der Waals surface area (Å²) in [6.45, 7) is 4.24. The number of carbonyl (C=O) groups excluding carboxylic acids is 1. The van der Waals surface area contributed by atoms with E-state index in [1.54, 1.807) is 0 Å². The van der Waals surface area contributed by atoms with Gasteiger partial charge >= 0.3 is 0 Å². The van der Waals surface area contributed by atoms with Crippen LogP contribution in [0.25, 0.3) is 0 Å². The molecule has 0 bridgehead atoms. The number of para-hydroxylation sites is 1. The van der Waals surface area contributed by atoms with Crippen molar-refractivity contribution >= 4 is 5.78 Å². The summed E-state index contributed by atoms with van der Waals surface area (Å²) >= 11 is 0. The molecule has 0 spiro atoms. The minimum atomic E-state index is 0.232. The zero-order valence-corrected chi connectivity index (χ0v) is 9.25. The number of ketones is 1. The molecule has 0 atom stereocenters. The molecule has 80 valence electrons. The third kappa shape index (κ3) is 2.38. The Morgan fingerprint density at radius 1 is 1.33 bits per heavy atom. The average Bonchev–Trinajstić information content (AvgIpc) is 2.99. The van der Waals surface area contributed by atoms with E-state index in [9.17, 15) is 4.79 Å². The van der Waals surface area contributed by atoms with Crippen LogP contribution < -0.4 is 4.74 Å². The van der Waals surface area contributed by atoms with E-state index < -0.39 is 0 Å². The number of hydrogen-bond donors (Lipinski definition) is 0. The lowest BCUT2D eigenvalue weighted by Gasteiger charge is -2.10. The van der Waals surface area contributed by atoms with Crippen LogP contribution in [0, 0.1) is 19.8 Å². The first-order chi connectivity index (χ1) is 7.18. The van der Waals surface area contributed by atoms with Crippen LogP contribution in [0.15, 0.2) is 18.2 Å². The monoisotopic (exact) mass is 204 g/mol. The van der Waals surface area contributed by atoms with Crippen LogP contribution in [0.4, 0.5) is 0 Å². The molecular weight excluding hydrogens is 188 g/mol. The molecule has 0 aromatic heterocycles. The molecule has 1 aliphatic carbocycles. The molecule has 0 N–H and O–H groups in total. The van der Waals surface area contributed by atoms with Crippen molar-refractivity contribution in [3.8, 4) is 5.75 Å². The summed E-state index contributed by atoms with van der Waals surface area (Å²) in [6, 6.07) is 6.01. The van der Waals surface area contributed by atoms with Gasteiger partial charge in [0.1, 0.15) is 12.4 Å². The predicted molar refractivity (Wildman–Crippen MR) is 59.1 cm³/mol. The van der Waals surface area contributed by atoms with Crippen LogP contribution in [-0.4, -0.2) is 12.4 Å². The van der Waals surface area contributed by atoms with Gasteiger partial charge in [-0.3, -0.25) is 4.79 Å². The molecule has 0 unspecified atom stereocenters. The van der Waals surface area contributed by atoms with Crippen molar-refractivity contribution in [2.75, 3.05) is 6.61 Å². The number of ether oxygens (including phenoxy) is 1. The lowest BCUT2D eigenvalue weighted by molar-refractivity contribution is -0.122. The molecule has 1 aliphatic rings. The molecule has 1 aromatic rings. The standard InChI is InChI=1S/C13H16O2/c1-9-4-3-5-10(2)13(9)15-8-12(14)11-6-7-11/h3-5,11H,6-8H2,1-2H3. The number of Topliss-reactive ketones (excluding diaryl/α,β-unsaturated/α-hetero) is 1. The van der Waals surface area contributed by atoms with E-state index in [2.05, 4.69) is 0 Å². The highest BCUT2D eigenvalue weighted by atomic mass is 16.5. The summed E-state index contributed by atoms with van der Waals surface area (Å²) in [5.74, 6) is 1.40. The molecule has 0 aliphatic heterocycles. The molecule has 1 saturated carbocycles. The zero-order valence-electron chi connectivity index (χ0n) is 9.25. The minimum absolute atomic E-state index is 0.232. The van der Waals surface area contributed by atoms with Gasteiger partial charge < -0.3 is 4.74 Å². The van der Waals surface area contributed by atoms with E-state index in [0.717, 1.165) is 29.7 Å². The maximum absolute atomic E-state index is 11.5. The topological polar surface area (TPSA) is 26.3 Å². The summed E-state index contributed by atoms with van der Waals surface area (Å²) in [4.78, 5) is 11.5. The normalized spacial score (nSPS) is 15.1. The number of hydrogen-bond acceptors (Lipinski definition) is 2. The van der Waals surface area contributed by atoms with Gasteiger partial charge in [-0.25, -0.2) is 0 Å². The first-order valence-electron chi connectivity index (χ1n) is 5.40. The Kier molecular flexibility index (Phi) is 2.76. The van der Waals surface area contributed by atoms with Gasteiger partial charge in [0.05, 0.1) is 0 Å². The molecule has 2 nitrogen and oxygen atoms in total. The number of rotatable bonds is 4. The summed E-state index contributed by atoms with van der Waals surface area (Å²) < 4.78 is 5.58. The van der Waals surface area contributed by atoms with E-state index in [1.807, 2.05) is 32.0 Å². The highest BCUT2D eigenvalue weighted by Gasteiger charge is 2.29. The first kappa shape index (κ1) is 10.2. The summed E-state index contributed by atoms with van der Waals surface area (Å²) in [7, 11) is 0. The van der Waals surface area contributed by atoms with Crippen molar-refractivity contribution in [2.24, 2.45) is 5.92 Å². The fourth-order valence-corrected chi connectivity index (χ4v) is 1.69. The fourth-order valence-electron chi connectivity index (χ4n) is 1.69. The SMILES string of the molecule is Cc1cccc(C)c1OCC(=O)C1CC1. The zero-order chi connectivity index (χ0) is 10.8. The molecule has 15 heavy (non-hydrogen) atoms. The molecule has 1 fully saturated rings. The third-order valence-electron chi connectivity index (χ3n) is 2.80. The summed E-state index contributed by atoms with van der Waals surface area (Å²) in [5.41, 5.74) is 2.19. The quantitative estimate of drug-likeness (QED) is 0.753. The Hall–Kier alpha value is -1.31. The van der Waals surface area contributed by atoms with Crippen molar-refractivity contribution in [2.45, 2.75) is 26.7 Å². The second kappa shape index (κ2) is 4.05. The van der Waals surface area contributed by atoms with Crippen molar-refractivity contribution in [1.29, 1.82) is 0 Å². The van der Waals surface area contributed by atoms with Crippen LogP contribution in [0.1, 0.15) is 24.0 Å². The van der Waals surface area contributed by atoms with Gasteiger partial charge in [-0.05, 0) is 37.8 Å². The molecule has 0 amide bonds. The third-order valence-corrected chi connectivity index (χ3v) is 2.80. The number of carbonyl (C=O) groups is 1. The maximum Gasteiger partial charge on any atom is 0.173 e. The molecule has 0 radical (unpaired) electrons. The Labute approximate surface area is 90.3 Å². The lowest BCUT2D eigenvalue weighted by Crippen LogP contribution is -2.13. The van der Waals surface area contributed by atoms with Gasteiger partial charge in [-0.1, -0.05) is 18.2 Å². The number of benzene rings is 1. The Morgan fingerprint density at radius 2 is 1.93 bits per heavy atom. The van der Waals surface area contributed by atoms with Crippen LogP contribution in [0.2, 0.25) is 0 Å². The predicted octanol–water partition coefficient (Wildman–Crippen LogP) is 2.66. The van der Waals surface area contributed by atoms with E-state index in [4.69, 9.17) is 4.74 Å². The van der Waals surface area contributed by atoms with Crippen LogP contribution in [-0.2, 0) is 4.79 Å². The van der Waals surface area contributed by atoms with E-state index >= 15 is 0 Å². The van der Waals surface area contributed by atoms with E-state index in [1.165, 1.54) is 0 Å². The van der Waals surface area contributed by atoms with Crippen LogP contribution in [0.5, 0.6) is 5.75 Å². The summed E-state index contributed by atoms with van der Waals surface area (Å²) in [5, 5.41) is 0. The first-order valence-corrected chi connectivity index (χ1v) is 5.40. The van der Waals surface area contributed by atoms with Gasteiger partial charge in [0.15, 0.2) is 5.78 Å². The van der Waals surface area contributed by atoms with Crippen LogP contribution in [0.3, 0.4) is 0 Å². The Morgan fingerprint density at radius 3 is 2.47 bits per heavy atom. The van der Waals surface area contributed by atoms with Crippen molar-refractivity contribution in [3.63, 3.8) is 0 Å². The second-order valence-electron chi connectivity index (χ2n) is 4.25. The summed E-state index contributed by atoms with van der Waals surface area (Å²) in [6.07, 6.45) is 2.10. The molecule has 0 heterocycles. The highest BCUT2D eigenvalue weighted by molar-refractivity contribution is 5.84. The molecule has 2 heteroatoms. The van der Waals surface area contributed by atoms with Gasteiger partial charge in [0.2, 0.25) is 0 Å². The largest absolute Gasteiger partial charge is 0.485 e. The second-order valence-corrected chi connectivity index (χ2v) is 4.25. The number of aryl methyl sites for hydroxylation is 2. The van der Waals surface area contributed by atoms with Crippen LogP contribution >= 0.6 is 0 Å².